The summed E-state index contributed by atoms with van der Waals surface area (Å²) in [4.78, 5) is 23.2. The van der Waals surface area contributed by atoms with Crippen LogP contribution >= 0.6 is 0 Å². The summed E-state index contributed by atoms with van der Waals surface area (Å²) < 4.78 is 5.46. The van der Waals surface area contributed by atoms with Crippen LogP contribution in [0.5, 0.6) is 0 Å². The molecule has 1 amide bonds. The van der Waals surface area contributed by atoms with Gasteiger partial charge in [0.1, 0.15) is 18.7 Å². The van der Waals surface area contributed by atoms with Crippen molar-refractivity contribution < 1.29 is 24.7 Å². The van der Waals surface area contributed by atoms with Gasteiger partial charge in [-0.25, -0.2) is 0 Å². The highest BCUT2D eigenvalue weighted by molar-refractivity contribution is 5.93. The summed E-state index contributed by atoms with van der Waals surface area (Å²) in [5.74, 6) is -1.55. The first-order valence-corrected chi connectivity index (χ1v) is 8.13. The molecule has 1 aromatic rings. The van der Waals surface area contributed by atoms with Gasteiger partial charge in [0.2, 0.25) is 5.91 Å². The average molecular weight is 320 g/mol. The number of carbonyl (C=O) groups is 2. The Hall–Kier alpha value is -1.92. The number of benzene rings is 1. The van der Waals surface area contributed by atoms with Crippen molar-refractivity contribution in [2.45, 2.75) is 44.8 Å². The second kappa shape index (κ2) is 8.64. The minimum atomic E-state index is -1.22. The number of hydrogen-bond donors (Lipinski definition) is 2. The van der Waals surface area contributed by atoms with E-state index >= 15 is 0 Å². The molecule has 0 aromatic heterocycles. The van der Waals surface area contributed by atoms with E-state index in [1.165, 1.54) is 5.56 Å². The largest absolute Gasteiger partial charge is 0.544 e. The first-order valence-electron chi connectivity index (χ1n) is 8.13. The minimum Gasteiger partial charge on any atom is -0.544 e. The van der Waals surface area contributed by atoms with Gasteiger partial charge in [0.15, 0.2) is 0 Å². The molecule has 0 bridgehead atoms. The second-order valence-corrected chi connectivity index (χ2v) is 5.83. The number of aryl methyl sites for hydroxylation is 1. The average Bonchev–Trinajstić information content (AvgIpc) is 3.05. The van der Waals surface area contributed by atoms with E-state index in [2.05, 4.69) is 12.2 Å². The fraction of sp³-hybridized carbons (Fsp3) is 0.529. The number of carboxylic acid groups (broad SMARTS) is 1. The number of nitrogens with two attached hydrogens (primary N) is 1. The van der Waals surface area contributed by atoms with Crippen LogP contribution in [-0.2, 0) is 20.7 Å². The molecule has 2 atom stereocenters. The Balaban J connectivity index is 1.82. The lowest BCUT2D eigenvalue weighted by atomic mass is 10.1. The summed E-state index contributed by atoms with van der Waals surface area (Å²) in [6.07, 6.45) is 2.82. The van der Waals surface area contributed by atoms with E-state index in [4.69, 9.17) is 4.74 Å². The summed E-state index contributed by atoms with van der Waals surface area (Å²) in [5, 5.41) is 15.6. The maximum Gasteiger partial charge on any atom is 0.230 e. The maximum absolute atomic E-state index is 12.0. The molecule has 1 saturated heterocycles. The van der Waals surface area contributed by atoms with Crippen LogP contribution in [0, 0.1) is 0 Å². The van der Waals surface area contributed by atoms with Crippen LogP contribution in [-0.4, -0.2) is 37.2 Å². The molecule has 6 heteroatoms. The van der Waals surface area contributed by atoms with Crippen LogP contribution in [0.2, 0.25) is 0 Å². The van der Waals surface area contributed by atoms with E-state index in [1.807, 2.05) is 24.3 Å². The molecule has 0 aliphatic carbocycles. The lowest BCUT2D eigenvalue weighted by Gasteiger charge is -2.18. The summed E-state index contributed by atoms with van der Waals surface area (Å²) in [6, 6.07) is 6.63. The zero-order chi connectivity index (χ0) is 16.7. The smallest absolute Gasteiger partial charge is 0.230 e. The fourth-order valence-electron chi connectivity index (χ4n) is 2.64. The molecule has 1 aromatic carbocycles. The van der Waals surface area contributed by atoms with E-state index in [0.717, 1.165) is 25.9 Å². The highest BCUT2D eigenvalue weighted by Crippen LogP contribution is 2.11. The summed E-state index contributed by atoms with van der Waals surface area (Å²) in [6.45, 7) is 3.32. The first kappa shape index (κ1) is 17.4. The third kappa shape index (κ3) is 5.65. The van der Waals surface area contributed by atoms with Crippen molar-refractivity contribution in [2.75, 3.05) is 18.5 Å². The normalized spacial score (nSPS) is 18.6. The minimum absolute atomic E-state index is 0.0708. The Bertz CT molecular complexity index is 524. The summed E-state index contributed by atoms with van der Waals surface area (Å²) >= 11 is 0. The van der Waals surface area contributed by atoms with Crippen molar-refractivity contribution in [1.82, 2.24) is 0 Å². The molecule has 0 saturated carbocycles. The summed E-state index contributed by atoms with van der Waals surface area (Å²) in [7, 11) is 0. The third-order valence-corrected chi connectivity index (χ3v) is 4.06. The molecule has 2 rings (SSSR count). The predicted molar refractivity (Wildman–Crippen MR) is 83.6 cm³/mol. The van der Waals surface area contributed by atoms with E-state index < -0.39 is 12.0 Å². The van der Waals surface area contributed by atoms with Crippen molar-refractivity contribution in [3.63, 3.8) is 0 Å². The Labute approximate surface area is 136 Å². The van der Waals surface area contributed by atoms with Crippen molar-refractivity contribution in [1.29, 1.82) is 0 Å². The molecule has 1 aliphatic rings. The van der Waals surface area contributed by atoms with Gasteiger partial charge in [-0.2, -0.15) is 0 Å². The van der Waals surface area contributed by atoms with Crippen molar-refractivity contribution in [3.8, 4) is 0 Å². The van der Waals surface area contributed by atoms with E-state index in [9.17, 15) is 14.7 Å². The Kier molecular flexibility index (Phi) is 6.55. The van der Waals surface area contributed by atoms with Crippen LogP contribution in [0.4, 0.5) is 5.69 Å². The van der Waals surface area contributed by atoms with Crippen LogP contribution in [0.15, 0.2) is 24.3 Å². The van der Waals surface area contributed by atoms with Gasteiger partial charge in [0.05, 0.1) is 12.4 Å². The Morgan fingerprint density at radius 3 is 2.70 bits per heavy atom. The number of hydrogen-bond acceptors (Lipinski definition) is 4. The molecular weight excluding hydrogens is 296 g/mol. The number of anilines is 1. The standard InChI is InChI=1S/C17H24N2O4/c1-2-12-5-7-13(8-6-12)19-16(20)10-15(17(21)22)18-11-14-4-3-9-23-14/h5-8,14-15,18H,2-4,9-11H2,1H3,(H,19,20)(H,21,22)/t14-,15+/m0/s1. The van der Waals surface area contributed by atoms with Crippen molar-refractivity contribution >= 4 is 17.6 Å². The molecule has 0 spiro atoms. The number of ether oxygens (including phenoxy) is 1. The van der Waals surface area contributed by atoms with Gasteiger partial charge in [0.25, 0.3) is 0 Å². The number of aliphatic carboxylic acids is 1. The maximum atomic E-state index is 12.0. The Morgan fingerprint density at radius 2 is 2.13 bits per heavy atom. The SMILES string of the molecule is CCc1ccc(NC(=O)C[C@@H]([NH2+]C[C@@H]2CCCO2)C(=O)[O-])cc1. The number of rotatable bonds is 8. The molecule has 1 heterocycles. The van der Waals surface area contributed by atoms with Crippen molar-refractivity contribution in [2.24, 2.45) is 0 Å². The number of carboxylic acids is 1. The van der Waals surface area contributed by atoms with Crippen LogP contribution in [0.3, 0.4) is 0 Å². The molecule has 1 aliphatic heterocycles. The van der Waals surface area contributed by atoms with Crippen LogP contribution < -0.4 is 15.7 Å². The number of nitrogens with one attached hydrogen (secondary N) is 1. The zero-order valence-electron chi connectivity index (χ0n) is 13.4. The molecule has 0 unspecified atom stereocenters. The fourth-order valence-corrected chi connectivity index (χ4v) is 2.64. The number of carbonyl (C=O) groups excluding carboxylic acids is 2. The van der Waals surface area contributed by atoms with E-state index in [0.29, 0.717) is 12.2 Å². The topological polar surface area (TPSA) is 95.1 Å². The number of amides is 1. The van der Waals surface area contributed by atoms with Gasteiger partial charge < -0.3 is 25.3 Å². The van der Waals surface area contributed by atoms with E-state index in [-0.39, 0.29) is 18.4 Å². The highest BCUT2D eigenvalue weighted by Gasteiger charge is 2.23. The van der Waals surface area contributed by atoms with Gasteiger partial charge in [-0.3, -0.25) is 4.79 Å². The predicted octanol–water partition coefficient (Wildman–Crippen LogP) is -0.561. The molecule has 1 fully saturated rings. The Morgan fingerprint density at radius 1 is 1.39 bits per heavy atom. The van der Waals surface area contributed by atoms with Gasteiger partial charge in [-0.05, 0) is 37.0 Å². The summed E-state index contributed by atoms with van der Waals surface area (Å²) in [5.41, 5.74) is 1.85. The lowest BCUT2D eigenvalue weighted by Crippen LogP contribution is -2.94. The van der Waals surface area contributed by atoms with Gasteiger partial charge in [0, 0.05) is 12.3 Å². The van der Waals surface area contributed by atoms with Gasteiger partial charge in [-0.15, -0.1) is 0 Å². The van der Waals surface area contributed by atoms with Gasteiger partial charge in [-0.1, -0.05) is 19.1 Å². The molecule has 23 heavy (non-hydrogen) atoms. The monoisotopic (exact) mass is 320 g/mol. The second-order valence-electron chi connectivity index (χ2n) is 5.83. The van der Waals surface area contributed by atoms with E-state index in [1.54, 1.807) is 5.32 Å². The lowest BCUT2D eigenvalue weighted by molar-refractivity contribution is -0.687. The quantitative estimate of drug-likeness (QED) is 0.671. The number of quaternary nitrogens is 1. The zero-order valence-corrected chi connectivity index (χ0v) is 13.4. The molecule has 3 N–H and O–H groups in total. The van der Waals surface area contributed by atoms with Crippen LogP contribution in [0.25, 0.3) is 0 Å². The molecule has 0 radical (unpaired) electrons. The third-order valence-electron chi connectivity index (χ3n) is 4.06. The highest BCUT2D eigenvalue weighted by atomic mass is 16.5. The van der Waals surface area contributed by atoms with Crippen molar-refractivity contribution in [3.05, 3.63) is 29.8 Å². The molecule has 126 valence electrons. The van der Waals surface area contributed by atoms with Gasteiger partial charge >= 0.3 is 0 Å². The first-order chi connectivity index (χ1) is 11.1. The molecule has 6 nitrogen and oxygen atoms in total. The molecular formula is C17H24N2O4. The van der Waals surface area contributed by atoms with Crippen LogP contribution in [0.1, 0.15) is 31.7 Å².